The molecule has 0 spiro atoms. The standard InChI is InChI=1S/C6H7NO.C3H9N/c7-5-2-1-3-6(8)4-5;1-4(2)3/h1-4,8H,7H2;1-3H3. The van der Waals surface area contributed by atoms with Gasteiger partial charge < -0.3 is 15.7 Å². The zero-order chi connectivity index (χ0) is 9.56. The van der Waals surface area contributed by atoms with Crippen LogP contribution in [0, 0.1) is 0 Å². The molecule has 3 heteroatoms. The van der Waals surface area contributed by atoms with E-state index in [4.69, 9.17) is 10.8 Å². The number of rotatable bonds is 0. The molecule has 0 heterocycles. The van der Waals surface area contributed by atoms with Crippen molar-refractivity contribution in [3.8, 4) is 5.75 Å². The van der Waals surface area contributed by atoms with Crippen LogP contribution in [0.15, 0.2) is 24.3 Å². The summed E-state index contributed by atoms with van der Waals surface area (Å²) in [6.45, 7) is 0. The quantitative estimate of drug-likeness (QED) is 0.571. The second-order valence-corrected chi connectivity index (χ2v) is 2.94. The zero-order valence-corrected chi connectivity index (χ0v) is 7.78. The Morgan fingerprint density at radius 3 is 2.00 bits per heavy atom. The molecule has 1 aromatic carbocycles. The number of benzene rings is 1. The summed E-state index contributed by atoms with van der Waals surface area (Å²) in [5.74, 6) is 0.213. The summed E-state index contributed by atoms with van der Waals surface area (Å²) < 4.78 is 0. The second-order valence-electron chi connectivity index (χ2n) is 2.94. The van der Waals surface area contributed by atoms with Gasteiger partial charge in [0.2, 0.25) is 0 Å². The molecular weight excluding hydrogens is 152 g/mol. The van der Waals surface area contributed by atoms with E-state index in [1.54, 1.807) is 18.2 Å². The Balaban J connectivity index is 0.000000261. The Labute approximate surface area is 73.4 Å². The zero-order valence-electron chi connectivity index (χ0n) is 7.78. The molecule has 0 aliphatic rings. The molecule has 0 atom stereocenters. The molecule has 3 N–H and O–H groups in total. The van der Waals surface area contributed by atoms with E-state index in [0.29, 0.717) is 5.69 Å². The third kappa shape index (κ3) is 6.89. The van der Waals surface area contributed by atoms with E-state index < -0.39 is 0 Å². The summed E-state index contributed by atoms with van der Waals surface area (Å²) in [7, 11) is 6.00. The summed E-state index contributed by atoms with van der Waals surface area (Å²) in [4.78, 5) is 2.00. The first-order valence-corrected chi connectivity index (χ1v) is 3.68. The first kappa shape index (κ1) is 10.8. The van der Waals surface area contributed by atoms with Gasteiger partial charge in [-0.2, -0.15) is 0 Å². The molecule has 0 bridgehead atoms. The van der Waals surface area contributed by atoms with Crippen LogP contribution in [0.25, 0.3) is 0 Å². The summed E-state index contributed by atoms with van der Waals surface area (Å²) in [6, 6.07) is 6.50. The average molecular weight is 168 g/mol. The summed E-state index contributed by atoms with van der Waals surface area (Å²) in [5.41, 5.74) is 5.89. The van der Waals surface area contributed by atoms with Crippen LogP contribution in [0.2, 0.25) is 0 Å². The van der Waals surface area contributed by atoms with Crippen molar-refractivity contribution in [1.82, 2.24) is 4.90 Å². The van der Waals surface area contributed by atoms with E-state index in [0.717, 1.165) is 0 Å². The third-order valence-electron chi connectivity index (χ3n) is 0.870. The topological polar surface area (TPSA) is 49.5 Å². The minimum Gasteiger partial charge on any atom is -0.508 e. The first-order chi connectivity index (χ1) is 5.52. The van der Waals surface area contributed by atoms with Gasteiger partial charge in [-0.1, -0.05) is 6.07 Å². The van der Waals surface area contributed by atoms with Gasteiger partial charge in [0, 0.05) is 11.8 Å². The van der Waals surface area contributed by atoms with Crippen LogP contribution in [0.3, 0.4) is 0 Å². The van der Waals surface area contributed by atoms with Crippen molar-refractivity contribution in [2.45, 2.75) is 0 Å². The lowest BCUT2D eigenvalue weighted by Gasteiger charge is -1.90. The van der Waals surface area contributed by atoms with Crippen molar-refractivity contribution < 1.29 is 5.11 Å². The molecule has 0 fully saturated rings. The van der Waals surface area contributed by atoms with Gasteiger partial charge in [0.25, 0.3) is 0 Å². The van der Waals surface area contributed by atoms with E-state index in [1.165, 1.54) is 6.07 Å². The van der Waals surface area contributed by atoms with Gasteiger partial charge in [-0.15, -0.1) is 0 Å². The summed E-state index contributed by atoms with van der Waals surface area (Å²) >= 11 is 0. The van der Waals surface area contributed by atoms with Crippen molar-refractivity contribution in [2.24, 2.45) is 0 Å². The van der Waals surface area contributed by atoms with Crippen LogP contribution >= 0.6 is 0 Å². The SMILES string of the molecule is CN(C)C.Nc1cccc(O)c1. The van der Waals surface area contributed by atoms with Gasteiger partial charge in [-0.25, -0.2) is 0 Å². The molecule has 12 heavy (non-hydrogen) atoms. The third-order valence-corrected chi connectivity index (χ3v) is 0.870. The number of nitrogens with two attached hydrogens (primary N) is 1. The van der Waals surface area contributed by atoms with Crippen LogP contribution in [0.5, 0.6) is 5.75 Å². The van der Waals surface area contributed by atoms with Crippen molar-refractivity contribution in [2.75, 3.05) is 26.9 Å². The highest BCUT2D eigenvalue weighted by molar-refractivity contribution is 5.42. The van der Waals surface area contributed by atoms with Crippen molar-refractivity contribution in [3.63, 3.8) is 0 Å². The van der Waals surface area contributed by atoms with Crippen molar-refractivity contribution in [1.29, 1.82) is 0 Å². The predicted molar refractivity (Wildman–Crippen MR) is 52.1 cm³/mol. The number of aromatic hydroxyl groups is 1. The lowest BCUT2D eigenvalue weighted by Crippen LogP contribution is -1.99. The Morgan fingerprint density at radius 2 is 1.75 bits per heavy atom. The molecule has 0 aliphatic carbocycles. The maximum atomic E-state index is 8.73. The molecular formula is C9H16N2O. The lowest BCUT2D eigenvalue weighted by atomic mass is 10.3. The number of hydrogen-bond acceptors (Lipinski definition) is 3. The highest BCUT2D eigenvalue weighted by atomic mass is 16.3. The fourth-order valence-electron chi connectivity index (χ4n) is 0.525. The minimum absolute atomic E-state index is 0.213. The Hall–Kier alpha value is -1.22. The van der Waals surface area contributed by atoms with Crippen LogP contribution in [-0.2, 0) is 0 Å². The highest BCUT2D eigenvalue weighted by Gasteiger charge is 1.83. The number of phenols is 1. The molecule has 0 aromatic heterocycles. The lowest BCUT2D eigenvalue weighted by molar-refractivity contribution is 0.475. The van der Waals surface area contributed by atoms with Gasteiger partial charge in [0.05, 0.1) is 0 Å². The Morgan fingerprint density at radius 1 is 1.25 bits per heavy atom. The monoisotopic (exact) mass is 168 g/mol. The van der Waals surface area contributed by atoms with Crippen molar-refractivity contribution >= 4 is 5.69 Å². The fourth-order valence-corrected chi connectivity index (χ4v) is 0.525. The molecule has 0 unspecified atom stereocenters. The Kier molecular flexibility index (Phi) is 4.88. The molecule has 1 aromatic rings. The summed E-state index contributed by atoms with van der Waals surface area (Å²) in [5, 5.41) is 8.73. The van der Waals surface area contributed by atoms with Crippen LogP contribution < -0.4 is 5.73 Å². The van der Waals surface area contributed by atoms with Crippen LogP contribution in [0.1, 0.15) is 0 Å². The number of phenolic OH excluding ortho intramolecular Hbond substituents is 1. The molecule has 1 rings (SSSR count). The molecule has 0 radical (unpaired) electrons. The Bertz CT molecular complexity index is 204. The molecule has 68 valence electrons. The van der Waals surface area contributed by atoms with Gasteiger partial charge in [-0.05, 0) is 33.3 Å². The highest BCUT2D eigenvalue weighted by Crippen LogP contribution is 2.10. The van der Waals surface area contributed by atoms with Crippen LogP contribution in [0.4, 0.5) is 5.69 Å². The van der Waals surface area contributed by atoms with Gasteiger partial charge >= 0.3 is 0 Å². The minimum atomic E-state index is 0.213. The van der Waals surface area contributed by atoms with E-state index in [1.807, 2.05) is 26.0 Å². The smallest absolute Gasteiger partial charge is 0.117 e. The predicted octanol–water partition coefficient (Wildman–Crippen LogP) is 1.15. The normalized spacial score (nSPS) is 9.00. The molecule has 0 aliphatic heterocycles. The number of nitrogen functional groups attached to an aromatic ring is 1. The average Bonchev–Trinajstić information content (AvgIpc) is 1.84. The maximum absolute atomic E-state index is 8.73. The van der Waals surface area contributed by atoms with E-state index >= 15 is 0 Å². The second kappa shape index (κ2) is 5.43. The molecule has 0 saturated heterocycles. The van der Waals surface area contributed by atoms with E-state index in [2.05, 4.69) is 0 Å². The fraction of sp³-hybridized carbons (Fsp3) is 0.333. The summed E-state index contributed by atoms with van der Waals surface area (Å²) in [6.07, 6.45) is 0. The largest absolute Gasteiger partial charge is 0.508 e. The van der Waals surface area contributed by atoms with E-state index in [9.17, 15) is 0 Å². The van der Waals surface area contributed by atoms with Crippen molar-refractivity contribution in [3.05, 3.63) is 24.3 Å². The molecule has 0 saturated carbocycles. The van der Waals surface area contributed by atoms with Gasteiger partial charge in [-0.3, -0.25) is 0 Å². The maximum Gasteiger partial charge on any atom is 0.117 e. The van der Waals surface area contributed by atoms with Crippen LogP contribution in [-0.4, -0.2) is 31.1 Å². The number of hydrogen-bond donors (Lipinski definition) is 2. The molecule has 3 nitrogen and oxygen atoms in total. The van der Waals surface area contributed by atoms with Gasteiger partial charge in [0.15, 0.2) is 0 Å². The number of nitrogens with zero attached hydrogens (tertiary/aromatic N) is 1. The van der Waals surface area contributed by atoms with E-state index in [-0.39, 0.29) is 5.75 Å². The first-order valence-electron chi connectivity index (χ1n) is 3.68. The molecule has 0 amide bonds. The van der Waals surface area contributed by atoms with Gasteiger partial charge in [0.1, 0.15) is 5.75 Å². The number of anilines is 1.